The van der Waals surface area contributed by atoms with Crippen molar-refractivity contribution in [1.82, 2.24) is 4.98 Å². The lowest BCUT2D eigenvalue weighted by Gasteiger charge is -2.08. The van der Waals surface area contributed by atoms with E-state index in [1.807, 2.05) is 0 Å². The van der Waals surface area contributed by atoms with E-state index in [0.717, 1.165) is 0 Å². The molecule has 0 bridgehead atoms. The number of carbonyl (C=O) groups excluding carboxylic acids is 1. The number of anilines is 1. The lowest BCUT2D eigenvalue weighted by molar-refractivity contribution is 0.255. The second-order valence-corrected chi connectivity index (χ2v) is 2.58. The van der Waals surface area contributed by atoms with Crippen molar-refractivity contribution in [1.29, 1.82) is 0 Å². The number of carbonyl (C=O) groups is 1. The molecule has 0 radical (unpaired) electrons. The Balaban J connectivity index is 2.77. The summed E-state index contributed by atoms with van der Waals surface area (Å²) in [4.78, 5) is 15.7. The Morgan fingerprint density at radius 1 is 1.90 bits per heavy atom. The number of nitrogens with zero attached hydrogens (tertiary/aromatic N) is 2. The van der Waals surface area contributed by atoms with Crippen molar-refractivity contribution < 1.29 is 4.79 Å². The summed E-state index contributed by atoms with van der Waals surface area (Å²) in [6, 6.07) is -0.491. The fraction of sp³-hybridized carbons (Fsp3) is 0.200. The van der Waals surface area contributed by atoms with Crippen LogP contribution >= 0.6 is 11.3 Å². The summed E-state index contributed by atoms with van der Waals surface area (Å²) >= 11 is 1.37. The van der Waals surface area contributed by atoms with E-state index in [1.54, 1.807) is 18.6 Å². The molecule has 0 aliphatic carbocycles. The minimum atomic E-state index is -0.491. The number of aromatic nitrogens is 1. The van der Waals surface area contributed by atoms with Gasteiger partial charge in [-0.25, -0.2) is 9.78 Å². The molecule has 1 aromatic heterocycles. The largest absolute Gasteiger partial charge is 0.351 e. The number of hydrogen-bond acceptors (Lipinski definition) is 3. The molecule has 4 nitrogen and oxygen atoms in total. The van der Waals surface area contributed by atoms with Gasteiger partial charge in [-0.3, -0.25) is 4.90 Å². The van der Waals surface area contributed by atoms with Gasteiger partial charge in [-0.1, -0.05) is 0 Å². The zero-order chi connectivity index (χ0) is 7.56. The summed E-state index contributed by atoms with van der Waals surface area (Å²) in [5.74, 6) is 0. The Kier molecular flexibility index (Phi) is 1.86. The third-order valence-corrected chi connectivity index (χ3v) is 1.88. The maximum atomic E-state index is 10.5. The Morgan fingerprint density at radius 2 is 2.60 bits per heavy atom. The lowest BCUT2D eigenvalue weighted by Crippen LogP contribution is -2.31. The third-order valence-electron chi connectivity index (χ3n) is 1.04. The highest BCUT2D eigenvalue weighted by Gasteiger charge is 2.06. The van der Waals surface area contributed by atoms with Crippen LogP contribution in [-0.2, 0) is 0 Å². The highest BCUT2D eigenvalue weighted by Crippen LogP contribution is 2.14. The van der Waals surface area contributed by atoms with Gasteiger partial charge in [-0.2, -0.15) is 0 Å². The van der Waals surface area contributed by atoms with Crippen molar-refractivity contribution in [3.63, 3.8) is 0 Å². The Labute approximate surface area is 62.3 Å². The number of thiazole rings is 1. The zero-order valence-corrected chi connectivity index (χ0v) is 6.26. The van der Waals surface area contributed by atoms with Gasteiger partial charge in [0.1, 0.15) is 0 Å². The highest BCUT2D eigenvalue weighted by molar-refractivity contribution is 7.13. The maximum absolute atomic E-state index is 10.5. The standard InChI is InChI=1S/C5H7N3OS/c1-8(4(6)9)5-7-2-3-10-5/h2-3H,1H3,(H2,6,9). The maximum Gasteiger partial charge on any atom is 0.320 e. The average molecular weight is 157 g/mol. The molecule has 5 heteroatoms. The van der Waals surface area contributed by atoms with E-state index in [4.69, 9.17) is 5.73 Å². The van der Waals surface area contributed by atoms with Gasteiger partial charge < -0.3 is 5.73 Å². The molecule has 1 heterocycles. The van der Waals surface area contributed by atoms with Crippen molar-refractivity contribution >= 4 is 22.5 Å². The molecule has 0 aliphatic rings. The quantitative estimate of drug-likeness (QED) is 0.651. The second-order valence-electron chi connectivity index (χ2n) is 1.71. The Morgan fingerprint density at radius 3 is 3.00 bits per heavy atom. The van der Waals surface area contributed by atoms with Gasteiger partial charge in [0.2, 0.25) is 0 Å². The van der Waals surface area contributed by atoms with E-state index in [9.17, 15) is 4.79 Å². The monoisotopic (exact) mass is 157 g/mol. The molecule has 0 saturated heterocycles. The van der Waals surface area contributed by atoms with Crippen molar-refractivity contribution in [3.8, 4) is 0 Å². The molecule has 0 atom stereocenters. The number of primary amides is 1. The van der Waals surface area contributed by atoms with Gasteiger partial charge in [0.25, 0.3) is 0 Å². The van der Waals surface area contributed by atoms with E-state index < -0.39 is 6.03 Å². The predicted molar refractivity (Wildman–Crippen MR) is 40.1 cm³/mol. The normalized spacial score (nSPS) is 9.30. The van der Waals surface area contributed by atoms with Crippen molar-refractivity contribution in [3.05, 3.63) is 11.6 Å². The van der Waals surface area contributed by atoms with Crippen LogP contribution in [-0.4, -0.2) is 18.1 Å². The van der Waals surface area contributed by atoms with Crippen LogP contribution in [0.15, 0.2) is 11.6 Å². The third kappa shape index (κ3) is 1.24. The first-order valence-corrected chi connectivity index (χ1v) is 3.52. The van der Waals surface area contributed by atoms with Gasteiger partial charge in [0.15, 0.2) is 5.13 Å². The number of urea groups is 1. The van der Waals surface area contributed by atoms with Crippen LogP contribution in [0.25, 0.3) is 0 Å². The number of hydrogen-bond donors (Lipinski definition) is 1. The molecule has 1 aromatic rings. The van der Waals surface area contributed by atoms with Gasteiger partial charge >= 0.3 is 6.03 Å². The molecule has 0 aromatic carbocycles. The second kappa shape index (κ2) is 2.66. The summed E-state index contributed by atoms with van der Waals surface area (Å²) < 4.78 is 0. The Hall–Kier alpha value is -1.10. The first-order valence-electron chi connectivity index (χ1n) is 2.64. The fourth-order valence-corrected chi connectivity index (χ4v) is 1.09. The van der Waals surface area contributed by atoms with Gasteiger partial charge in [0.05, 0.1) is 0 Å². The van der Waals surface area contributed by atoms with Crippen molar-refractivity contribution in [2.24, 2.45) is 5.73 Å². The van der Waals surface area contributed by atoms with E-state index in [2.05, 4.69) is 4.98 Å². The molecular formula is C5H7N3OS. The smallest absolute Gasteiger partial charge is 0.320 e. The van der Waals surface area contributed by atoms with Crippen LogP contribution in [0.4, 0.5) is 9.93 Å². The summed E-state index contributed by atoms with van der Waals surface area (Å²) in [7, 11) is 1.58. The lowest BCUT2D eigenvalue weighted by atomic mass is 10.8. The highest BCUT2D eigenvalue weighted by atomic mass is 32.1. The van der Waals surface area contributed by atoms with E-state index in [-0.39, 0.29) is 0 Å². The minimum Gasteiger partial charge on any atom is -0.351 e. The summed E-state index contributed by atoms with van der Waals surface area (Å²) in [6.45, 7) is 0. The van der Waals surface area contributed by atoms with Crippen LogP contribution < -0.4 is 10.6 Å². The molecule has 2 amide bonds. The van der Waals surface area contributed by atoms with Gasteiger partial charge in [-0.15, -0.1) is 11.3 Å². The average Bonchev–Trinajstić information content (AvgIpc) is 2.36. The van der Waals surface area contributed by atoms with Crippen molar-refractivity contribution in [2.75, 3.05) is 11.9 Å². The van der Waals surface area contributed by atoms with Crippen LogP contribution in [0.1, 0.15) is 0 Å². The molecule has 2 N–H and O–H groups in total. The van der Waals surface area contributed by atoms with Gasteiger partial charge in [-0.05, 0) is 0 Å². The van der Waals surface area contributed by atoms with E-state index in [1.165, 1.54) is 16.2 Å². The molecule has 1 rings (SSSR count). The molecule has 0 fully saturated rings. The van der Waals surface area contributed by atoms with Gasteiger partial charge in [0, 0.05) is 18.6 Å². The topological polar surface area (TPSA) is 59.2 Å². The molecule has 54 valence electrons. The number of nitrogens with two attached hydrogens (primary N) is 1. The fourth-order valence-electron chi connectivity index (χ4n) is 0.476. The molecule has 10 heavy (non-hydrogen) atoms. The van der Waals surface area contributed by atoms with Crippen LogP contribution in [0, 0.1) is 0 Å². The summed E-state index contributed by atoms with van der Waals surface area (Å²) in [5.41, 5.74) is 4.98. The number of amides is 2. The molecule has 0 saturated carbocycles. The molecule has 0 unspecified atom stereocenters. The Bertz CT molecular complexity index is 221. The molecule has 0 aliphatic heterocycles. The number of rotatable bonds is 1. The first kappa shape index (κ1) is 7.01. The van der Waals surface area contributed by atoms with Crippen LogP contribution in [0.5, 0.6) is 0 Å². The summed E-state index contributed by atoms with van der Waals surface area (Å²) in [5, 5.41) is 2.40. The van der Waals surface area contributed by atoms with E-state index >= 15 is 0 Å². The molecule has 0 spiro atoms. The first-order chi connectivity index (χ1) is 4.72. The van der Waals surface area contributed by atoms with Crippen LogP contribution in [0.3, 0.4) is 0 Å². The zero-order valence-electron chi connectivity index (χ0n) is 5.44. The summed E-state index contributed by atoms with van der Waals surface area (Å²) in [6.07, 6.45) is 1.62. The minimum absolute atomic E-state index is 0.491. The van der Waals surface area contributed by atoms with E-state index in [0.29, 0.717) is 5.13 Å². The molecular weight excluding hydrogens is 150 g/mol. The predicted octanol–water partition coefficient (Wildman–Crippen LogP) is 0.658. The van der Waals surface area contributed by atoms with Crippen LogP contribution in [0.2, 0.25) is 0 Å². The van der Waals surface area contributed by atoms with Crippen molar-refractivity contribution in [2.45, 2.75) is 0 Å². The SMILES string of the molecule is CN(C(N)=O)c1nccs1.